The van der Waals surface area contributed by atoms with Crippen LogP contribution in [-0.2, 0) is 16.1 Å². The second-order valence-corrected chi connectivity index (χ2v) is 11.5. The number of likely N-dealkylation sites (tertiary alicyclic amines) is 1. The first-order chi connectivity index (χ1) is 16.8. The van der Waals surface area contributed by atoms with Gasteiger partial charge in [-0.05, 0) is 48.9 Å². The van der Waals surface area contributed by atoms with Crippen LogP contribution in [0, 0.1) is 6.92 Å². The molecule has 8 heteroatoms. The van der Waals surface area contributed by atoms with E-state index in [1.54, 1.807) is 11.0 Å². The van der Waals surface area contributed by atoms with Crippen LogP contribution in [0.4, 0.5) is 0 Å². The number of aliphatic carboxylic acids is 1. The third kappa shape index (κ3) is 4.48. The molecule has 0 aliphatic carbocycles. The topological polar surface area (TPSA) is 73.4 Å². The minimum absolute atomic E-state index is 0.109. The minimum Gasteiger partial charge on any atom is -0.480 e. The minimum atomic E-state index is -1.41. The Bertz CT molecular complexity index is 1420. The number of rotatable bonds is 6. The number of aryl methyl sites for hydroxylation is 1. The molecule has 0 radical (unpaired) electrons. The molecule has 35 heavy (non-hydrogen) atoms. The number of fused-ring (bicyclic) bond motifs is 1. The summed E-state index contributed by atoms with van der Waals surface area (Å²) in [6.45, 7) is 2.29. The van der Waals surface area contributed by atoms with E-state index in [0.29, 0.717) is 11.6 Å². The number of aromatic amines is 1. The van der Waals surface area contributed by atoms with Gasteiger partial charge in [0.15, 0.2) is 4.75 Å². The number of H-pyrrole nitrogens is 1. The number of carbonyl (C=O) groups excluding carboxylic acids is 1. The highest BCUT2D eigenvalue weighted by Gasteiger charge is 2.59. The van der Waals surface area contributed by atoms with Crippen LogP contribution in [0.1, 0.15) is 29.2 Å². The molecule has 2 atom stereocenters. The molecule has 1 amide bonds. The van der Waals surface area contributed by atoms with Crippen molar-refractivity contribution in [2.24, 2.45) is 0 Å². The summed E-state index contributed by atoms with van der Waals surface area (Å²) in [6, 6.07) is 20.2. The molecule has 1 aliphatic rings. The fourth-order valence-corrected chi connectivity index (χ4v) is 6.47. The molecule has 2 N–H and O–H groups in total. The highest BCUT2D eigenvalue weighted by molar-refractivity contribution is 9.10. The Labute approximate surface area is 220 Å². The molecule has 5 rings (SSSR count). The normalized spacial score (nSPS) is 20.0. The molecule has 0 bridgehead atoms. The summed E-state index contributed by atoms with van der Waals surface area (Å²) in [5, 5.41) is 12.1. The number of carboxylic acid groups (broad SMARTS) is 1. The number of nitrogens with one attached hydrogen (secondary N) is 1. The molecule has 178 valence electrons. The largest absolute Gasteiger partial charge is 0.480 e. The van der Waals surface area contributed by atoms with Crippen molar-refractivity contribution in [1.29, 1.82) is 0 Å². The number of carbonyl (C=O) groups is 2. The Kier molecular flexibility index (Phi) is 6.42. The Balaban J connectivity index is 1.66. The van der Waals surface area contributed by atoms with E-state index in [9.17, 15) is 14.7 Å². The molecule has 5 nitrogen and oxygen atoms in total. The molecule has 0 saturated carbocycles. The van der Waals surface area contributed by atoms with Crippen molar-refractivity contribution in [2.75, 3.05) is 0 Å². The molecule has 4 aromatic rings. The molecule has 0 spiro atoms. The standard InChI is InChI=1S/C27H22BrClN2O3S/c1-16-2-9-20(10-3-16)35-27(26(33)34)13-24(32)31(15-17-4-6-18(28)7-5-17)25(27)22-14-30-23-12-19(29)8-11-21(22)23/h2-12,14,25,30H,13,15H2,1H3,(H,33,34)/t25-,27-/m0/s1. The van der Waals surface area contributed by atoms with E-state index < -0.39 is 16.8 Å². The van der Waals surface area contributed by atoms with Gasteiger partial charge in [-0.1, -0.05) is 63.4 Å². The number of amides is 1. The molecule has 3 aromatic carbocycles. The van der Waals surface area contributed by atoms with Crippen LogP contribution in [0.25, 0.3) is 10.9 Å². The number of thioether (sulfide) groups is 1. The number of hydrogen-bond acceptors (Lipinski definition) is 3. The number of halogens is 2. The molecular weight excluding hydrogens is 548 g/mol. The van der Waals surface area contributed by atoms with Gasteiger partial charge in [0.1, 0.15) is 0 Å². The van der Waals surface area contributed by atoms with Crippen molar-refractivity contribution >= 4 is 62.1 Å². The Morgan fingerprint density at radius 3 is 2.57 bits per heavy atom. The van der Waals surface area contributed by atoms with Crippen LogP contribution in [0.2, 0.25) is 5.02 Å². The molecule has 2 heterocycles. The van der Waals surface area contributed by atoms with Crippen molar-refractivity contribution in [3.8, 4) is 0 Å². The van der Waals surface area contributed by atoms with Crippen molar-refractivity contribution in [2.45, 2.75) is 35.6 Å². The van der Waals surface area contributed by atoms with E-state index in [0.717, 1.165) is 37.0 Å². The molecule has 1 aliphatic heterocycles. The number of benzene rings is 3. The van der Waals surface area contributed by atoms with Gasteiger partial charge in [-0.25, -0.2) is 0 Å². The van der Waals surface area contributed by atoms with Crippen LogP contribution in [0.5, 0.6) is 0 Å². The average Bonchev–Trinajstić information content (AvgIpc) is 3.35. The maximum absolute atomic E-state index is 13.5. The van der Waals surface area contributed by atoms with Crippen molar-refractivity contribution in [1.82, 2.24) is 9.88 Å². The lowest BCUT2D eigenvalue weighted by Gasteiger charge is -2.34. The van der Waals surface area contributed by atoms with Crippen LogP contribution >= 0.6 is 39.3 Å². The predicted octanol–water partition coefficient (Wildman–Crippen LogP) is 6.98. The smallest absolute Gasteiger partial charge is 0.323 e. The van der Waals surface area contributed by atoms with E-state index in [2.05, 4.69) is 20.9 Å². The van der Waals surface area contributed by atoms with Gasteiger partial charge in [0.25, 0.3) is 0 Å². The number of carboxylic acids is 1. The van der Waals surface area contributed by atoms with Gasteiger partial charge in [0, 0.05) is 43.6 Å². The summed E-state index contributed by atoms with van der Waals surface area (Å²) in [5.74, 6) is -1.20. The van der Waals surface area contributed by atoms with Gasteiger partial charge in [-0.2, -0.15) is 0 Å². The van der Waals surface area contributed by atoms with Gasteiger partial charge in [0.2, 0.25) is 5.91 Å². The molecule has 0 unspecified atom stereocenters. The predicted molar refractivity (Wildman–Crippen MR) is 143 cm³/mol. The van der Waals surface area contributed by atoms with Crippen molar-refractivity contribution in [3.63, 3.8) is 0 Å². The second-order valence-electron chi connectivity index (χ2n) is 8.77. The fourth-order valence-electron chi connectivity index (χ4n) is 4.70. The number of aromatic nitrogens is 1. The van der Waals surface area contributed by atoms with Crippen LogP contribution in [-0.4, -0.2) is 31.6 Å². The third-order valence-corrected chi connectivity index (χ3v) is 8.59. The summed E-state index contributed by atoms with van der Waals surface area (Å²) < 4.78 is -0.468. The highest BCUT2D eigenvalue weighted by Crippen LogP contribution is 2.54. The van der Waals surface area contributed by atoms with Crippen molar-refractivity contribution in [3.05, 3.63) is 99.1 Å². The van der Waals surface area contributed by atoms with E-state index in [1.807, 2.05) is 73.8 Å². The summed E-state index contributed by atoms with van der Waals surface area (Å²) >= 11 is 10.9. The fraction of sp³-hybridized carbons (Fsp3) is 0.185. The van der Waals surface area contributed by atoms with Crippen LogP contribution in [0.15, 0.2) is 82.3 Å². The molecule has 1 saturated heterocycles. The Morgan fingerprint density at radius 2 is 1.89 bits per heavy atom. The van der Waals surface area contributed by atoms with Crippen LogP contribution in [0.3, 0.4) is 0 Å². The maximum atomic E-state index is 13.5. The molecule has 1 aromatic heterocycles. The molecule has 1 fully saturated rings. The first-order valence-electron chi connectivity index (χ1n) is 11.1. The van der Waals surface area contributed by atoms with Crippen molar-refractivity contribution < 1.29 is 14.7 Å². The Morgan fingerprint density at radius 1 is 1.17 bits per heavy atom. The zero-order valence-electron chi connectivity index (χ0n) is 18.8. The zero-order valence-corrected chi connectivity index (χ0v) is 22.0. The summed E-state index contributed by atoms with van der Waals surface area (Å²) in [7, 11) is 0. The first-order valence-corrected chi connectivity index (χ1v) is 13.0. The lowest BCUT2D eigenvalue weighted by Crippen LogP contribution is -2.41. The number of hydrogen-bond donors (Lipinski definition) is 2. The SMILES string of the molecule is Cc1ccc(S[C@@]2(C(=O)O)CC(=O)N(Cc3ccc(Br)cc3)[C@H]2c2c[nH]c3cc(Cl)ccc23)cc1. The monoisotopic (exact) mass is 568 g/mol. The van der Waals surface area contributed by atoms with Gasteiger partial charge in [-0.3, -0.25) is 9.59 Å². The Hall–Kier alpha value is -2.74. The molecular formula is C27H22BrClN2O3S. The van der Waals surface area contributed by atoms with Gasteiger partial charge in [-0.15, -0.1) is 11.8 Å². The summed E-state index contributed by atoms with van der Waals surface area (Å²) in [4.78, 5) is 32.3. The van der Waals surface area contributed by atoms with E-state index >= 15 is 0 Å². The average molecular weight is 570 g/mol. The lowest BCUT2D eigenvalue weighted by molar-refractivity contribution is -0.140. The van der Waals surface area contributed by atoms with Crippen LogP contribution < -0.4 is 0 Å². The van der Waals surface area contributed by atoms with E-state index in [1.165, 1.54) is 11.8 Å². The second kappa shape index (κ2) is 9.37. The quantitative estimate of drug-likeness (QED) is 0.263. The summed E-state index contributed by atoms with van der Waals surface area (Å²) in [5.41, 5.74) is 3.58. The summed E-state index contributed by atoms with van der Waals surface area (Å²) in [6.07, 6.45) is 1.70. The maximum Gasteiger partial charge on any atom is 0.323 e. The van der Waals surface area contributed by atoms with Gasteiger partial charge < -0.3 is 15.0 Å². The number of nitrogens with zero attached hydrogens (tertiary/aromatic N) is 1. The van der Waals surface area contributed by atoms with E-state index in [-0.39, 0.29) is 12.3 Å². The van der Waals surface area contributed by atoms with Gasteiger partial charge >= 0.3 is 5.97 Å². The third-order valence-electron chi connectivity index (χ3n) is 6.41. The zero-order chi connectivity index (χ0) is 24.7. The highest BCUT2D eigenvalue weighted by atomic mass is 79.9. The lowest BCUT2D eigenvalue weighted by atomic mass is 9.92. The van der Waals surface area contributed by atoms with E-state index in [4.69, 9.17) is 11.6 Å². The first kappa shape index (κ1) is 24.0. The van der Waals surface area contributed by atoms with Gasteiger partial charge in [0.05, 0.1) is 12.5 Å².